The number of hydrogen-bond donors (Lipinski definition) is 2. The summed E-state index contributed by atoms with van der Waals surface area (Å²) in [5.41, 5.74) is -0.597. The summed E-state index contributed by atoms with van der Waals surface area (Å²) < 4.78 is 0. The molecule has 1 fully saturated rings. The second-order valence-electron chi connectivity index (χ2n) is 5.31. The number of aliphatic hydroxyl groups is 1. The monoisotopic (exact) mass is 256 g/mol. The van der Waals surface area contributed by atoms with E-state index in [-0.39, 0.29) is 5.91 Å². The van der Waals surface area contributed by atoms with E-state index in [0.717, 1.165) is 38.8 Å². The smallest absolute Gasteiger partial charge is 0.236 e. The molecule has 0 aromatic carbocycles. The molecule has 0 spiro atoms. The molecule has 18 heavy (non-hydrogen) atoms. The summed E-state index contributed by atoms with van der Waals surface area (Å²) in [5, 5.41) is 13.6. The summed E-state index contributed by atoms with van der Waals surface area (Å²) >= 11 is 0. The lowest BCUT2D eigenvalue weighted by atomic mass is 9.94. The molecule has 0 atom stereocenters. The summed E-state index contributed by atoms with van der Waals surface area (Å²) in [4.78, 5) is 13.6. The van der Waals surface area contributed by atoms with Gasteiger partial charge < -0.3 is 15.3 Å². The molecular formula is C14H28N2O2. The van der Waals surface area contributed by atoms with E-state index < -0.39 is 5.60 Å². The second-order valence-corrected chi connectivity index (χ2v) is 5.31. The minimum Gasteiger partial charge on any atom is -0.389 e. The number of nitrogens with one attached hydrogen (secondary N) is 1. The van der Waals surface area contributed by atoms with Gasteiger partial charge in [0.25, 0.3) is 0 Å². The number of carbonyl (C=O) groups is 1. The highest BCUT2D eigenvalue weighted by Crippen LogP contribution is 2.26. The fraction of sp³-hybridized carbons (Fsp3) is 0.929. The van der Waals surface area contributed by atoms with Gasteiger partial charge in [-0.05, 0) is 26.7 Å². The number of amides is 1. The lowest BCUT2D eigenvalue weighted by molar-refractivity contribution is -0.130. The molecule has 0 aromatic heterocycles. The Bertz CT molecular complexity index is 244. The molecular weight excluding hydrogens is 228 g/mol. The summed E-state index contributed by atoms with van der Waals surface area (Å²) in [6.45, 7) is 6.35. The largest absolute Gasteiger partial charge is 0.389 e. The maximum atomic E-state index is 11.8. The van der Waals surface area contributed by atoms with Crippen LogP contribution in [-0.4, -0.2) is 47.7 Å². The van der Waals surface area contributed by atoms with Crippen LogP contribution in [0.15, 0.2) is 0 Å². The third kappa shape index (κ3) is 4.94. The number of hydrogen-bond acceptors (Lipinski definition) is 3. The Hall–Kier alpha value is -0.610. The Balaban J connectivity index is 2.29. The molecule has 0 saturated heterocycles. The highest BCUT2D eigenvalue weighted by atomic mass is 16.3. The molecule has 0 aliphatic heterocycles. The molecule has 1 rings (SSSR count). The fourth-order valence-electron chi connectivity index (χ4n) is 2.65. The van der Waals surface area contributed by atoms with Crippen LogP contribution >= 0.6 is 0 Å². The van der Waals surface area contributed by atoms with Crippen LogP contribution in [0.3, 0.4) is 0 Å². The summed E-state index contributed by atoms with van der Waals surface area (Å²) in [5.74, 6) is 0.122. The minimum absolute atomic E-state index is 0.122. The van der Waals surface area contributed by atoms with Crippen LogP contribution in [0.1, 0.15) is 52.4 Å². The highest BCUT2D eigenvalue weighted by Gasteiger charge is 2.27. The van der Waals surface area contributed by atoms with Gasteiger partial charge in [-0.15, -0.1) is 0 Å². The third-order valence-electron chi connectivity index (χ3n) is 3.88. The van der Waals surface area contributed by atoms with Gasteiger partial charge in [-0.2, -0.15) is 0 Å². The molecule has 0 heterocycles. The van der Waals surface area contributed by atoms with E-state index >= 15 is 0 Å². The molecule has 2 N–H and O–H groups in total. The van der Waals surface area contributed by atoms with Gasteiger partial charge in [0.05, 0.1) is 12.1 Å². The van der Waals surface area contributed by atoms with Crippen molar-refractivity contribution < 1.29 is 9.90 Å². The van der Waals surface area contributed by atoms with Gasteiger partial charge in [-0.25, -0.2) is 0 Å². The average Bonchev–Trinajstić information content (AvgIpc) is 2.56. The van der Waals surface area contributed by atoms with E-state index in [9.17, 15) is 9.90 Å². The van der Waals surface area contributed by atoms with Crippen LogP contribution in [0.5, 0.6) is 0 Å². The Morgan fingerprint density at radius 2 is 1.72 bits per heavy atom. The van der Waals surface area contributed by atoms with Crippen molar-refractivity contribution >= 4 is 5.91 Å². The van der Waals surface area contributed by atoms with Gasteiger partial charge in [-0.3, -0.25) is 4.79 Å². The maximum absolute atomic E-state index is 11.8. The summed E-state index contributed by atoms with van der Waals surface area (Å²) in [6, 6.07) is 0. The first-order chi connectivity index (χ1) is 8.61. The number of carbonyl (C=O) groups excluding carboxylic acids is 1. The van der Waals surface area contributed by atoms with Gasteiger partial charge in [-0.1, -0.05) is 25.7 Å². The van der Waals surface area contributed by atoms with Gasteiger partial charge in [0.15, 0.2) is 0 Å². The average molecular weight is 256 g/mol. The van der Waals surface area contributed by atoms with Crippen molar-refractivity contribution in [3.63, 3.8) is 0 Å². The van der Waals surface area contributed by atoms with Crippen molar-refractivity contribution in [2.45, 2.75) is 58.0 Å². The predicted octanol–water partition coefficient (Wildman–Crippen LogP) is 1.53. The van der Waals surface area contributed by atoms with Crippen LogP contribution in [0.2, 0.25) is 0 Å². The summed E-state index contributed by atoms with van der Waals surface area (Å²) in [6.07, 6.45) is 6.37. The molecule has 106 valence electrons. The van der Waals surface area contributed by atoms with Crippen molar-refractivity contribution in [1.29, 1.82) is 0 Å². The van der Waals surface area contributed by atoms with E-state index in [2.05, 4.69) is 5.32 Å². The molecule has 1 amide bonds. The van der Waals surface area contributed by atoms with E-state index in [1.54, 1.807) is 0 Å². The van der Waals surface area contributed by atoms with Gasteiger partial charge in [0, 0.05) is 19.6 Å². The lowest BCUT2D eigenvalue weighted by Crippen LogP contribution is -2.45. The van der Waals surface area contributed by atoms with Crippen molar-refractivity contribution in [2.75, 3.05) is 26.2 Å². The van der Waals surface area contributed by atoms with E-state index in [0.29, 0.717) is 13.1 Å². The van der Waals surface area contributed by atoms with E-state index in [4.69, 9.17) is 0 Å². The molecule has 1 saturated carbocycles. The van der Waals surface area contributed by atoms with Crippen molar-refractivity contribution in [3.8, 4) is 0 Å². The molecule has 4 heteroatoms. The first-order valence-corrected chi connectivity index (χ1v) is 7.32. The van der Waals surface area contributed by atoms with E-state index in [1.807, 2.05) is 18.7 Å². The zero-order valence-electron chi connectivity index (χ0n) is 11.9. The van der Waals surface area contributed by atoms with Crippen LogP contribution in [-0.2, 0) is 4.79 Å². The molecule has 0 bridgehead atoms. The van der Waals surface area contributed by atoms with Crippen LogP contribution in [0, 0.1) is 0 Å². The SMILES string of the molecule is CCN(CC)C(=O)CNCC1(O)CCCCCC1. The third-order valence-corrected chi connectivity index (χ3v) is 3.88. The number of rotatable bonds is 6. The molecule has 1 aliphatic rings. The van der Waals surface area contributed by atoms with Gasteiger partial charge in [0.1, 0.15) is 0 Å². The molecule has 0 unspecified atom stereocenters. The molecule has 0 aromatic rings. The topological polar surface area (TPSA) is 52.6 Å². The van der Waals surface area contributed by atoms with Crippen molar-refractivity contribution in [3.05, 3.63) is 0 Å². The number of nitrogens with zero attached hydrogens (tertiary/aromatic N) is 1. The predicted molar refractivity (Wildman–Crippen MR) is 73.4 cm³/mol. The van der Waals surface area contributed by atoms with Gasteiger partial charge in [0.2, 0.25) is 5.91 Å². The van der Waals surface area contributed by atoms with Crippen LogP contribution in [0.4, 0.5) is 0 Å². The number of likely N-dealkylation sites (N-methyl/N-ethyl adjacent to an activating group) is 1. The molecule has 4 nitrogen and oxygen atoms in total. The standard InChI is InChI=1S/C14H28N2O2/c1-3-16(4-2)13(17)11-15-12-14(18)9-7-5-6-8-10-14/h15,18H,3-12H2,1-2H3. The Morgan fingerprint density at radius 1 is 1.17 bits per heavy atom. The van der Waals surface area contributed by atoms with Crippen molar-refractivity contribution in [2.24, 2.45) is 0 Å². The first kappa shape index (κ1) is 15.4. The fourth-order valence-corrected chi connectivity index (χ4v) is 2.65. The van der Waals surface area contributed by atoms with Crippen molar-refractivity contribution in [1.82, 2.24) is 10.2 Å². The van der Waals surface area contributed by atoms with Crippen LogP contribution in [0.25, 0.3) is 0 Å². The minimum atomic E-state index is -0.597. The summed E-state index contributed by atoms with van der Waals surface area (Å²) in [7, 11) is 0. The Labute approximate surface area is 111 Å². The van der Waals surface area contributed by atoms with Crippen LogP contribution < -0.4 is 5.32 Å². The van der Waals surface area contributed by atoms with E-state index in [1.165, 1.54) is 12.8 Å². The maximum Gasteiger partial charge on any atom is 0.236 e. The Morgan fingerprint density at radius 3 is 2.22 bits per heavy atom. The molecule has 0 radical (unpaired) electrons. The lowest BCUT2D eigenvalue weighted by Gasteiger charge is -2.27. The first-order valence-electron chi connectivity index (χ1n) is 7.32. The Kier molecular flexibility index (Phi) is 6.65. The normalized spacial score (nSPS) is 19.3. The second kappa shape index (κ2) is 7.74. The quantitative estimate of drug-likeness (QED) is 0.709. The zero-order valence-corrected chi connectivity index (χ0v) is 11.9. The highest BCUT2D eigenvalue weighted by molar-refractivity contribution is 5.78. The zero-order chi connectivity index (χ0) is 13.4. The molecule has 1 aliphatic carbocycles. The van der Waals surface area contributed by atoms with Gasteiger partial charge >= 0.3 is 0 Å².